The van der Waals surface area contributed by atoms with Crippen molar-refractivity contribution in [3.63, 3.8) is 0 Å². The lowest BCUT2D eigenvalue weighted by Crippen LogP contribution is -2.49. The summed E-state index contributed by atoms with van der Waals surface area (Å²) in [5, 5.41) is 16.5. The standard InChI is InChI=1S/C16H32N2O3/c1-12-6-8-16(20,9-7-12)11-18-13(2)10-17-14(19)21-15(3,4)5/h12-13,18,20H,6-11H2,1-5H3,(H,17,19). The fourth-order valence-corrected chi connectivity index (χ4v) is 2.46. The molecule has 124 valence electrons. The molecule has 5 heteroatoms. The summed E-state index contributed by atoms with van der Waals surface area (Å²) in [6, 6.07) is 0.0980. The van der Waals surface area contributed by atoms with Crippen LogP contribution in [0.25, 0.3) is 0 Å². The summed E-state index contributed by atoms with van der Waals surface area (Å²) in [5.41, 5.74) is -1.07. The van der Waals surface area contributed by atoms with Gasteiger partial charge >= 0.3 is 6.09 Å². The minimum atomic E-state index is -0.591. The Hall–Kier alpha value is -0.810. The number of carbonyl (C=O) groups excluding carboxylic acids is 1. The van der Waals surface area contributed by atoms with E-state index in [2.05, 4.69) is 17.6 Å². The molecule has 1 amide bonds. The van der Waals surface area contributed by atoms with Gasteiger partial charge in [0.05, 0.1) is 5.60 Å². The third-order valence-corrected chi connectivity index (χ3v) is 3.94. The van der Waals surface area contributed by atoms with Crippen LogP contribution in [0, 0.1) is 5.92 Å². The number of amides is 1. The van der Waals surface area contributed by atoms with Gasteiger partial charge in [-0.15, -0.1) is 0 Å². The third-order valence-electron chi connectivity index (χ3n) is 3.94. The van der Waals surface area contributed by atoms with Crippen LogP contribution in [0.15, 0.2) is 0 Å². The van der Waals surface area contributed by atoms with Crippen LogP contribution in [0.2, 0.25) is 0 Å². The minimum Gasteiger partial charge on any atom is -0.444 e. The van der Waals surface area contributed by atoms with Crippen LogP contribution < -0.4 is 10.6 Å². The summed E-state index contributed by atoms with van der Waals surface area (Å²) in [5.74, 6) is 0.719. The second-order valence-electron chi connectivity index (χ2n) is 7.57. The predicted molar refractivity (Wildman–Crippen MR) is 84.3 cm³/mol. The molecule has 0 spiro atoms. The van der Waals surface area contributed by atoms with E-state index in [4.69, 9.17) is 4.74 Å². The molecule has 21 heavy (non-hydrogen) atoms. The van der Waals surface area contributed by atoms with Gasteiger partial charge < -0.3 is 20.5 Å². The topological polar surface area (TPSA) is 70.6 Å². The van der Waals surface area contributed by atoms with Crippen molar-refractivity contribution in [2.75, 3.05) is 13.1 Å². The zero-order valence-corrected chi connectivity index (χ0v) is 14.2. The van der Waals surface area contributed by atoms with E-state index in [1.54, 1.807) is 0 Å². The van der Waals surface area contributed by atoms with E-state index < -0.39 is 17.3 Å². The van der Waals surface area contributed by atoms with Gasteiger partial charge in [-0.25, -0.2) is 4.79 Å². The van der Waals surface area contributed by atoms with Gasteiger partial charge in [0.1, 0.15) is 5.60 Å². The first kappa shape index (κ1) is 18.2. The Kier molecular flexibility index (Phi) is 6.47. The Morgan fingerprint density at radius 1 is 1.38 bits per heavy atom. The van der Waals surface area contributed by atoms with Crippen molar-refractivity contribution < 1.29 is 14.6 Å². The molecule has 1 unspecified atom stereocenters. The molecule has 1 rings (SSSR count). The van der Waals surface area contributed by atoms with E-state index in [9.17, 15) is 9.90 Å². The lowest BCUT2D eigenvalue weighted by molar-refractivity contribution is -0.00779. The number of alkyl carbamates (subject to hydrolysis) is 1. The lowest BCUT2D eigenvalue weighted by atomic mass is 9.79. The summed E-state index contributed by atoms with van der Waals surface area (Å²) in [7, 11) is 0. The van der Waals surface area contributed by atoms with Crippen molar-refractivity contribution in [3.05, 3.63) is 0 Å². The summed E-state index contributed by atoms with van der Waals surface area (Å²) < 4.78 is 5.19. The van der Waals surface area contributed by atoms with Crippen LogP contribution >= 0.6 is 0 Å². The van der Waals surface area contributed by atoms with Gasteiger partial charge in [-0.05, 0) is 59.3 Å². The molecule has 5 nitrogen and oxygen atoms in total. The fraction of sp³-hybridized carbons (Fsp3) is 0.938. The van der Waals surface area contributed by atoms with E-state index in [1.165, 1.54) is 0 Å². The van der Waals surface area contributed by atoms with Crippen LogP contribution in [-0.4, -0.2) is 41.5 Å². The average Bonchev–Trinajstić information content (AvgIpc) is 2.36. The average molecular weight is 300 g/mol. The SMILES string of the molecule is CC1CCC(O)(CNC(C)CNC(=O)OC(C)(C)C)CC1. The maximum Gasteiger partial charge on any atom is 0.407 e. The Bertz CT molecular complexity index is 331. The molecular weight excluding hydrogens is 268 g/mol. The zero-order chi connectivity index (χ0) is 16.1. The maximum atomic E-state index is 11.6. The highest BCUT2D eigenvalue weighted by Gasteiger charge is 2.31. The molecular formula is C16H32N2O3. The molecule has 0 bridgehead atoms. The summed E-state index contributed by atoms with van der Waals surface area (Å²) in [6.07, 6.45) is 3.48. The van der Waals surface area contributed by atoms with Gasteiger partial charge in [0.15, 0.2) is 0 Å². The number of ether oxygens (including phenoxy) is 1. The van der Waals surface area contributed by atoms with Crippen LogP contribution in [0.3, 0.4) is 0 Å². The molecule has 0 aliphatic heterocycles. The van der Waals surface area contributed by atoms with Crippen LogP contribution in [0.5, 0.6) is 0 Å². The first-order chi connectivity index (χ1) is 9.60. The van der Waals surface area contributed by atoms with Crippen molar-refractivity contribution in [3.8, 4) is 0 Å². The highest BCUT2D eigenvalue weighted by atomic mass is 16.6. The molecule has 3 N–H and O–H groups in total. The number of hydrogen-bond acceptors (Lipinski definition) is 4. The van der Waals surface area contributed by atoms with E-state index >= 15 is 0 Å². The van der Waals surface area contributed by atoms with Crippen LogP contribution in [-0.2, 0) is 4.74 Å². The van der Waals surface area contributed by atoms with E-state index in [1.807, 2.05) is 27.7 Å². The Morgan fingerprint density at radius 2 is 1.95 bits per heavy atom. The number of nitrogens with one attached hydrogen (secondary N) is 2. The van der Waals surface area contributed by atoms with Gasteiger partial charge in [-0.2, -0.15) is 0 Å². The van der Waals surface area contributed by atoms with Crippen molar-refractivity contribution in [2.24, 2.45) is 5.92 Å². The summed E-state index contributed by atoms with van der Waals surface area (Å²) in [4.78, 5) is 11.6. The van der Waals surface area contributed by atoms with Crippen LogP contribution in [0.4, 0.5) is 4.79 Å². The van der Waals surface area contributed by atoms with E-state index in [0.29, 0.717) is 13.1 Å². The molecule has 0 aromatic carbocycles. The van der Waals surface area contributed by atoms with E-state index in [-0.39, 0.29) is 6.04 Å². The van der Waals surface area contributed by atoms with Crippen molar-refractivity contribution >= 4 is 6.09 Å². The van der Waals surface area contributed by atoms with Crippen molar-refractivity contribution in [2.45, 2.75) is 77.5 Å². The molecule has 1 aliphatic rings. The molecule has 0 aromatic heterocycles. The summed E-state index contributed by atoms with van der Waals surface area (Å²) in [6.45, 7) is 10.8. The van der Waals surface area contributed by atoms with Gasteiger partial charge in [-0.1, -0.05) is 6.92 Å². The lowest BCUT2D eigenvalue weighted by Gasteiger charge is -2.36. The van der Waals surface area contributed by atoms with Gasteiger partial charge in [0.2, 0.25) is 0 Å². The molecule has 0 radical (unpaired) electrons. The quantitative estimate of drug-likeness (QED) is 0.729. The number of rotatable bonds is 5. The largest absolute Gasteiger partial charge is 0.444 e. The first-order valence-corrected chi connectivity index (χ1v) is 8.02. The first-order valence-electron chi connectivity index (χ1n) is 8.02. The van der Waals surface area contributed by atoms with Crippen molar-refractivity contribution in [1.29, 1.82) is 0 Å². The molecule has 0 aromatic rings. The highest BCUT2D eigenvalue weighted by Crippen LogP contribution is 2.31. The molecule has 0 heterocycles. The molecule has 1 saturated carbocycles. The Labute approximate surface area is 128 Å². The molecule has 1 atom stereocenters. The second-order valence-corrected chi connectivity index (χ2v) is 7.57. The number of aliphatic hydroxyl groups is 1. The predicted octanol–water partition coefficient (Wildman–Crippen LogP) is 2.43. The number of hydrogen-bond donors (Lipinski definition) is 3. The smallest absolute Gasteiger partial charge is 0.407 e. The molecule has 0 saturated heterocycles. The third kappa shape index (κ3) is 7.67. The summed E-state index contributed by atoms with van der Waals surface area (Å²) >= 11 is 0. The Balaban J connectivity index is 2.22. The van der Waals surface area contributed by atoms with Gasteiger partial charge in [0, 0.05) is 19.1 Å². The zero-order valence-electron chi connectivity index (χ0n) is 14.2. The maximum absolute atomic E-state index is 11.6. The second kappa shape index (κ2) is 7.45. The van der Waals surface area contributed by atoms with E-state index in [0.717, 1.165) is 31.6 Å². The molecule has 1 aliphatic carbocycles. The fourth-order valence-electron chi connectivity index (χ4n) is 2.46. The van der Waals surface area contributed by atoms with Crippen molar-refractivity contribution in [1.82, 2.24) is 10.6 Å². The normalized spacial score (nSPS) is 28.0. The van der Waals surface area contributed by atoms with Gasteiger partial charge in [0.25, 0.3) is 0 Å². The minimum absolute atomic E-state index is 0.0980. The monoisotopic (exact) mass is 300 g/mol. The highest BCUT2D eigenvalue weighted by molar-refractivity contribution is 5.67. The number of carbonyl (C=O) groups is 1. The Morgan fingerprint density at radius 3 is 2.48 bits per heavy atom. The van der Waals surface area contributed by atoms with Gasteiger partial charge in [-0.3, -0.25) is 0 Å². The van der Waals surface area contributed by atoms with Crippen LogP contribution in [0.1, 0.15) is 60.3 Å². The molecule has 1 fully saturated rings.